The maximum Gasteiger partial charge on any atom is 0.124 e. The van der Waals surface area contributed by atoms with E-state index >= 15 is 0 Å². The van der Waals surface area contributed by atoms with Gasteiger partial charge in [0.05, 0.1) is 16.8 Å². The van der Waals surface area contributed by atoms with E-state index in [1.54, 1.807) is 11.3 Å². The van der Waals surface area contributed by atoms with Gasteiger partial charge in [-0.25, -0.2) is 4.98 Å². The van der Waals surface area contributed by atoms with Crippen LogP contribution < -0.4 is 9.64 Å². The summed E-state index contributed by atoms with van der Waals surface area (Å²) in [5.41, 5.74) is 3.55. The van der Waals surface area contributed by atoms with E-state index in [2.05, 4.69) is 35.2 Å². The molecule has 0 bridgehead atoms. The van der Waals surface area contributed by atoms with Crippen molar-refractivity contribution in [2.75, 3.05) is 24.6 Å². The molecule has 0 radical (unpaired) electrons. The van der Waals surface area contributed by atoms with Crippen molar-refractivity contribution < 1.29 is 4.74 Å². The first kappa shape index (κ1) is 14.5. The minimum Gasteiger partial charge on any atom is -0.494 e. The van der Waals surface area contributed by atoms with E-state index in [0.29, 0.717) is 6.61 Å². The molecule has 2 heterocycles. The van der Waals surface area contributed by atoms with Gasteiger partial charge in [-0.3, -0.25) is 0 Å². The molecule has 118 valence electrons. The molecule has 4 heteroatoms. The number of hydrogen-bond donors (Lipinski definition) is 0. The van der Waals surface area contributed by atoms with E-state index in [1.165, 1.54) is 41.9 Å². The molecule has 1 fully saturated rings. The predicted octanol–water partition coefficient (Wildman–Crippen LogP) is 4.96. The van der Waals surface area contributed by atoms with Gasteiger partial charge in [-0.1, -0.05) is 0 Å². The normalized spacial score (nSPS) is 14.6. The Morgan fingerprint density at radius 3 is 2.61 bits per heavy atom. The lowest BCUT2D eigenvalue weighted by molar-refractivity contribution is 0.341. The molecule has 1 aliphatic rings. The number of ether oxygens (including phenoxy) is 1. The second kappa shape index (κ2) is 6.20. The molecule has 0 atom stereocenters. The summed E-state index contributed by atoms with van der Waals surface area (Å²) in [6.07, 6.45) is 2.61. The smallest absolute Gasteiger partial charge is 0.124 e. The lowest BCUT2D eigenvalue weighted by atomic mass is 10.2. The second-order valence-electron chi connectivity index (χ2n) is 5.82. The first-order chi connectivity index (χ1) is 11.3. The van der Waals surface area contributed by atoms with Crippen LogP contribution >= 0.6 is 11.3 Å². The highest BCUT2D eigenvalue weighted by atomic mass is 32.1. The van der Waals surface area contributed by atoms with Crippen LogP contribution in [0, 0.1) is 0 Å². The number of fused-ring (bicyclic) bond motifs is 1. The van der Waals surface area contributed by atoms with E-state index in [0.717, 1.165) is 16.3 Å². The molecule has 0 spiro atoms. The van der Waals surface area contributed by atoms with Crippen LogP contribution in [-0.2, 0) is 0 Å². The molecular weight excluding hydrogens is 304 g/mol. The first-order valence-corrected chi connectivity index (χ1v) is 9.04. The highest BCUT2D eigenvalue weighted by Crippen LogP contribution is 2.33. The minimum absolute atomic E-state index is 0.690. The van der Waals surface area contributed by atoms with Gasteiger partial charge in [0, 0.05) is 24.3 Å². The maximum atomic E-state index is 5.57. The number of hydrogen-bond acceptors (Lipinski definition) is 4. The van der Waals surface area contributed by atoms with Crippen LogP contribution in [0.1, 0.15) is 19.8 Å². The molecule has 0 saturated carbocycles. The van der Waals surface area contributed by atoms with Gasteiger partial charge in [-0.2, -0.15) is 0 Å². The van der Waals surface area contributed by atoms with Gasteiger partial charge >= 0.3 is 0 Å². The number of benzene rings is 2. The summed E-state index contributed by atoms with van der Waals surface area (Å²) in [6, 6.07) is 14.9. The van der Waals surface area contributed by atoms with Crippen molar-refractivity contribution in [1.29, 1.82) is 0 Å². The average molecular weight is 324 g/mol. The fraction of sp³-hybridized carbons (Fsp3) is 0.316. The Morgan fingerprint density at radius 2 is 1.87 bits per heavy atom. The molecule has 0 aliphatic carbocycles. The Bertz CT molecular complexity index is 804. The van der Waals surface area contributed by atoms with Crippen LogP contribution in [-0.4, -0.2) is 24.7 Å². The molecule has 0 amide bonds. The number of anilines is 1. The van der Waals surface area contributed by atoms with Crippen molar-refractivity contribution >= 4 is 27.2 Å². The van der Waals surface area contributed by atoms with E-state index < -0.39 is 0 Å². The van der Waals surface area contributed by atoms with Crippen molar-refractivity contribution in [1.82, 2.24) is 4.98 Å². The molecule has 3 nitrogen and oxygen atoms in total. The molecule has 1 aliphatic heterocycles. The van der Waals surface area contributed by atoms with Gasteiger partial charge in [0.1, 0.15) is 10.8 Å². The lowest BCUT2D eigenvalue weighted by Crippen LogP contribution is -2.17. The van der Waals surface area contributed by atoms with E-state index in [9.17, 15) is 0 Å². The van der Waals surface area contributed by atoms with Crippen molar-refractivity contribution in [2.45, 2.75) is 19.8 Å². The van der Waals surface area contributed by atoms with Crippen molar-refractivity contribution in [2.24, 2.45) is 0 Å². The summed E-state index contributed by atoms with van der Waals surface area (Å²) in [5.74, 6) is 0.916. The number of thiazole rings is 1. The Morgan fingerprint density at radius 1 is 1.09 bits per heavy atom. The SMILES string of the molecule is CCOc1ccc2nc(-c3ccc(N4CCCC4)cc3)sc2c1. The molecule has 0 unspecified atom stereocenters. The van der Waals surface area contributed by atoms with Crippen molar-refractivity contribution in [3.8, 4) is 16.3 Å². The Kier molecular flexibility index (Phi) is 3.92. The summed E-state index contributed by atoms with van der Waals surface area (Å²) in [6.45, 7) is 5.06. The van der Waals surface area contributed by atoms with Crippen LogP contribution in [0.5, 0.6) is 5.75 Å². The van der Waals surface area contributed by atoms with E-state index in [4.69, 9.17) is 9.72 Å². The molecule has 1 aromatic heterocycles. The quantitative estimate of drug-likeness (QED) is 0.678. The standard InChI is InChI=1S/C19H20N2OS/c1-2-22-16-9-10-17-18(13-16)23-19(20-17)14-5-7-15(8-6-14)21-11-3-4-12-21/h5-10,13H,2-4,11-12H2,1H3. The third kappa shape index (κ3) is 2.91. The molecule has 0 N–H and O–H groups in total. The zero-order chi connectivity index (χ0) is 15.6. The zero-order valence-electron chi connectivity index (χ0n) is 13.3. The van der Waals surface area contributed by atoms with Gasteiger partial charge in [0.2, 0.25) is 0 Å². The minimum atomic E-state index is 0.690. The molecule has 2 aromatic carbocycles. The maximum absolute atomic E-state index is 5.57. The van der Waals surface area contributed by atoms with Crippen molar-refractivity contribution in [3.63, 3.8) is 0 Å². The number of nitrogens with zero attached hydrogens (tertiary/aromatic N) is 2. The number of aromatic nitrogens is 1. The fourth-order valence-electron chi connectivity index (χ4n) is 3.08. The Hall–Kier alpha value is -2.07. The summed E-state index contributed by atoms with van der Waals surface area (Å²) in [5, 5.41) is 1.07. The van der Waals surface area contributed by atoms with Crippen LogP contribution in [0.25, 0.3) is 20.8 Å². The average Bonchev–Trinajstić information content (AvgIpc) is 3.24. The zero-order valence-corrected chi connectivity index (χ0v) is 14.1. The van der Waals surface area contributed by atoms with Crippen LogP contribution in [0.2, 0.25) is 0 Å². The summed E-state index contributed by atoms with van der Waals surface area (Å²) < 4.78 is 6.75. The van der Waals surface area contributed by atoms with E-state index in [1.807, 2.05) is 19.1 Å². The van der Waals surface area contributed by atoms with Gasteiger partial charge < -0.3 is 9.64 Å². The third-order valence-electron chi connectivity index (χ3n) is 4.26. The van der Waals surface area contributed by atoms with Crippen LogP contribution in [0.4, 0.5) is 5.69 Å². The predicted molar refractivity (Wildman–Crippen MR) is 97.7 cm³/mol. The molecule has 23 heavy (non-hydrogen) atoms. The Labute approximate surface area is 140 Å². The van der Waals surface area contributed by atoms with Crippen LogP contribution in [0.15, 0.2) is 42.5 Å². The highest BCUT2D eigenvalue weighted by molar-refractivity contribution is 7.21. The van der Waals surface area contributed by atoms with Crippen molar-refractivity contribution in [3.05, 3.63) is 42.5 Å². The third-order valence-corrected chi connectivity index (χ3v) is 5.32. The summed E-state index contributed by atoms with van der Waals surface area (Å²) in [7, 11) is 0. The monoisotopic (exact) mass is 324 g/mol. The largest absolute Gasteiger partial charge is 0.494 e. The van der Waals surface area contributed by atoms with Gasteiger partial charge in [0.15, 0.2) is 0 Å². The summed E-state index contributed by atoms with van der Waals surface area (Å²) >= 11 is 1.72. The summed E-state index contributed by atoms with van der Waals surface area (Å²) in [4.78, 5) is 7.22. The molecule has 4 rings (SSSR count). The highest BCUT2D eigenvalue weighted by Gasteiger charge is 2.13. The van der Waals surface area contributed by atoms with Crippen LogP contribution in [0.3, 0.4) is 0 Å². The number of rotatable bonds is 4. The lowest BCUT2D eigenvalue weighted by Gasteiger charge is -2.17. The molecule has 1 saturated heterocycles. The fourth-order valence-corrected chi connectivity index (χ4v) is 4.07. The molecule has 3 aromatic rings. The Balaban J connectivity index is 1.62. The molecular formula is C19H20N2OS. The van der Waals surface area contributed by atoms with Gasteiger partial charge in [0.25, 0.3) is 0 Å². The van der Waals surface area contributed by atoms with E-state index in [-0.39, 0.29) is 0 Å². The van der Waals surface area contributed by atoms with Gasteiger partial charge in [-0.15, -0.1) is 11.3 Å². The first-order valence-electron chi connectivity index (χ1n) is 8.22. The second-order valence-corrected chi connectivity index (χ2v) is 6.85. The van der Waals surface area contributed by atoms with Gasteiger partial charge in [-0.05, 0) is 62.2 Å². The topological polar surface area (TPSA) is 25.4 Å².